The van der Waals surface area contributed by atoms with Crippen LogP contribution < -0.4 is 0 Å². The molecule has 0 amide bonds. The maximum Gasteiger partial charge on any atom is 0.113 e. The van der Waals surface area contributed by atoms with Gasteiger partial charge in [-0.1, -0.05) is 39.7 Å². The molecule has 1 nitrogen and oxygen atoms in total. The minimum Gasteiger partial charge on any atom is -0.383 e. The van der Waals surface area contributed by atoms with Crippen molar-refractivity contribution in [2.45, 2.75) is 13.0 Å². The zero-order valence-corrected chi connectivity index (χ0v) is 13.6. The van der Waals surface area contributed by atoms with E-state index in [-0.39, 0.29) is 0 Å². The molecular formula is C12H9Br2ClOS. The Labute approximate surface area is 126 Å². The molecule has 0 aliphatic heterocycles. The predicted octanol–water partition coefficient (Wildman–Crippen LogP) is 5.32. The number of hydrogen-bond donors (Lipinski definition) is 1. The van der Waals surface area contributed by atoms with E-state index in [1.165, 1.54) is 11.3 Å². The lowest BCUT2D eigenvalue weighted by atomic mass is 10.1. The lowest BCUT2D eigenvalue weighted by Crippen LogP contribution is -1.97. The van der Waals surface area contributed by atoms with Gasteiger partial charge in [0.25, 0.3) is 0 Å². The average molecular weight is 397 g/mol. The van der Waals surface area contributed by atoms with Crippen molar-refractivity contribution in [2.75, 3.05) is 0 Å². The van der Waals surface area contributed by atoms with Gasteiger partial charge in [0.1, 0.15) is 10.4 Å². The lowest BCUT2D eigenvalue weighted by Gasteiger charge is -2.10. The maximum absolute atomic E-state index is 10.3. The van der Waals surface area contributed by atoms with Crippen LogP contribution in [-0.2, 0) is 0 Å². The number of benzene rings is 1. The van der Waals surface area contributed by atoms with Gasteiger partial charge in [-0.3, -0.25) is 0 Å². The van der Waals surface area contributed by atoms with Crippen molar-refractivity contribution >= 4 is 54.8 Å². The number of thiophene rings is 1. The Kier molecular flexibility index (Phi) is 4.31. The van der Waals surface area contributed by atoms with Gasteiger partial charge in [-0.05, 0) is 46.1 Å². The van der Waals surface area contributed by atoms with Gasteiger partial charge in [-0.2, -0.15) is 0 Å². The Hall–Kier alpha value is 0.130. The molecule has 2 rings (SSSR count). The smallest absolute Gasteiger partial charge is 0.113 e. The van der Waals surface area contributed by atoms with E-state index in [1.807, 2.05) is 31.2 Å². The molecule has 0 bridgehead atoms. The first-order valence-corrected chi connectivity index (χ1v) is 7.66. The van der Waals surface area contributed by atoms with E-state index in [4.69, 9.17) is 11.6 Å². The fourth-order valence-corrected chi connectivity index (χ4v) is 3.50. The highest BCUT2D eigenvalue weighted by Gasteiger charge is 2.15. The minimum atomic E-state index is -0.629. The number of hydrogen-bond acceptors (Lipinski definition) is 2. The largest absolute Gasteiger partial charge is 0.383 e. The summed E-state index contributed by atoms with van der Waals surface area (Å²) in [4.78, 5) is 0.837. The van der Waals surface area contributed by atoms with Gasteiger partial charge >= 0.3 is 0 Å². The minimum absolute atomic E-state index is 0.629. The van der Waals surface area contributed by atoms with Crippen LogP contribution >= 0.6 is 54.8 Å². The summed E-state index contributed by atoms with van der Waals surface area (Å²) < 4.78 is 2.53. The number of aliphatic hydroxyl groups excluding tert-OH is 1. The number of rotatable bonds is 2. The Morgan fingerprint density at radius 2 is 1.94 bits per heavy atom. The summed E-state index contributed by atoms with van der Waals surface area (Å²) in [6, 6.07) is 7.67. The van der Waals surface area contributed by atoms with Crippen molar-refractivity contribution in [1.82, 2.24) is 0 Å². The number of halogens is 3. The predicted molar refractivity (Wildman–Crippen MR) is 80.0 cm³/mol. The zero-order valence-electron chi connectivity index (χ0n) is 8.88. The third kappa shape index (κ3) is 2.93. The summed E-state index contributed by atoms with van der Waals surface area (Å²) >= 11 is 14.1. The Bertz CT molecular complexity index is 534. The third-order valence-corrected chi connectivity index (χ3v) is 5.85. The highest BCUT2D eigenvalue weighted by Crippen LogP contribution is 2.37. The molecule has 0 aliphatic carbocycles. The van der Waals surface area contributed by atoms with Crippen molar-refractivity contribution in [3.63, 3.8) is 0 Å². The molecule has 17 heavy (non-hydrogen) atoms. The van der Waals surface area contributed by atoms with Crippen LogP contribution in [0.5, 0.6) is 0 Å². The molecule has 1 aromatic heterocycles. The van der Waals surface area contributed by atoms with Crippen LogP contribution in [0.3, 0.4) is 0 Å². The summed E-state index contributed by atoms with van der Waals surface area (Å²) in [6.45, 7) is 2.00. The normalized spacial score (nSPS) is 12.8. The van der Waals surface area contributed by atoms with Crippen LogP contribution in [0.25, 0.3) is 0 Å². The van der Waals surface area contributed by atoms with E-state index in [9.17, 15) is 5.11 Å². The molecule has 0 radical (unpaired) electrons. The molecule has 1 atom stereocenters. The van der Waals surface area contributed by atoms with Gasteiger partial charge in [-0.25, -0.2) is 0 Å². The molecule has 1 aromatic carbocycles. The van der Waals surface area contributed by atoms with Crippen LogP contribution in [0.2, 0.25) is 4.34 Å². The highest BCUT2D eigenvalue weighted by molar-refractivity contribution is 9.10. The van der Waals surface area contributed by atoms with E-state index in [0.717, 1.165) is 24.9 Å². The van der Waals surface area contributed by atoms with Crippen molar-refractivity contribution in [1.29, 1.82) is 0 Å². The van der Waals surface area contributed by atoms with E-state index < -0.39 is 6.10 Å². The van der Waals surface area contributed by atoms with E-state index in [1.54, 1.807) is 0 Å². The first-order valence-electron chi connectivity index (χ1n) is 4.88. The lowest BCUT2D eigenvalue weighted by molar-refractivity contribution is 0.224. The Morgan fingerprint density at radius 1 is 1.24 bits per heavy atom. The van der Waals surface area contributed by atoms with Gasteiger partial charge in [0.2, 0.25) is 0 Å². The van der Waals surface area contributed by atoms with Crippen molar-refractivity contribution in [2.24, 2.45) is 0 Å². The SMILES string of the molecule is Cc1cc(C(O)c2cc(Br)c(Cl)s2)ccc1Br. The molecule has 90 valence electrons. The van der Waals surface area contributed by atoms with Gasteiger partial charge in [-0.15, -0.1) is 11.3 Å². The molecule has 0 saturated heterocycles. The Balaban J connectivity index is 2.36. The molecule has 5 heteroatoms. The third-order valence-electron chi connectivity index (χ3n) is 2.43. The molecular weight excluding hydrogens is 387 g/mol. The van der Waals surface area contributed by atoms with Crippen molar-refractivity contribution in [3.8, 4) is 0 Å². The first-order chi connectivity index (χ1) is 7.99. The second-order valence-electron chi connectivity index (χ2n) is 3.68. The van der Waals surface area contributed by atoms with Crippen LogP contribution in [0, 0.1) is 6.92 Å². The number of aliphatic hydroxyl groups is 1. The first kappa shape index (κ1) is 13.6. The van der Waals surface area contributed by atoms with Crippen molar-refractivity contribution in [3.05, 3.63) is 53.6 Å². The van der Waals surface area contributed by atoms with Crippen LogP contribution in [0.4, 0.5) is 0 Å². The molecule has 0 spiro atoms. The zero-order chi connectivity index (χ0) is 12.6. The molecule has 0 saturated carbocycles. The maximum atomic E-state index is 10.3. The fourth-order valence-electron chi connectivity index (χ4n) is 1.50. The standard InChI is InChI=1S/C12H9Br2ClOS/c1-6-4-7(2-3-8(6)13)11(16)10-5-9(14)12(15)17-10/h2-5,11,16H,1H3. The summed E-state index contributed by atoms with van der Waals surface area (Å²) in [5.41, 5.74) is 1.97. The summed E-state index contributed by atoms with van der Waals surface area (Å²) in [5, 5.41) is 10.3. The fraction of sp³-hybridized carbons (Fsp3) is 0.167. The van der Waals surface area contributed by atoms with E-state index >= 15 is 0 Å². The molecule has 2 aromatic rings. The van der Waals surface area contributed by atoms with Crippen LogP contribution in [0.15, 0.2) is 33.2 Å². The van der Waals surface area contributed by atoms with E-state index in [0.29, 0.717) is 4.34 Å². The van der Waals surface area contributed by atoms with E-state index in [2.05, 4.69) is 31.9 Å². The topological polar surface area (TPSA) is 20.2 Å². The molecule has 0 aliphatic rings. The van der Waals surface area contributed by atoms with Gasteiger partial charge < -0.3 is 5.11 Å². The van der Waals surface area contributed by atoms with Crippen LogP contribution in [0.1, 0.15) is 22.1 Å². The summed E-state index contributed by atoms with van der Waals surface area (Å²) in [5.74, 6) is 0. The average Bonchev–Trinajstić information content (AvgIpc) is 2.62. The molecule has 1 unspecified atom stereocenters. The Morgan fingerprint density at radius 3 is 2.47 bits per heavy atom. The number of aryl methyl sites for hydroxylation is 1. The van der Waals surface area contributed by atoms with Crippen LogP contribution in [-0.4, -0.2) is 5.11 Å². The van der Waals surface area contributed by atoms with Gasteiger partial charge in [0.05, 0.1) is 0 Å². The van der Waals surface area contributed by atoms with Gasteiger partial charge in [0, 0.05) is 13.8 Å². The quantitative estimate of drug-likeness (QED) is 0.729. The van der Waals surface area contributed by atoms with Crippen molar-refractivity contribution < 1.29 is 5.11 Å². The monoisotopic (exact) mass is 394 g/mol. The summed E-state index contributed by atoms with van der Waals surface area (Å²) in [7, 11) is 0. The molecule has 1 N–H and O–H groups in total. The second kappa shape index (κ2) is 5.41. The molecule has 0 fully saturated rings. The second-order valence-corrected chi connectivity index (χ2v) is 7.08. The molecule has 1 heterocycles. The highest BCUT2D eigenvalue weighted by atomic mass is 79.9. The summed E-state index contributed by atoms with van der Waals surface area (Å²) in [6.07, 6.45) is -0.629. The van der Waals surface area contributed by atoms with Gasteiger partial charge in [0.15, 0.2) is 0 Å².